The fourth-order valence-corrected chi connectivity index (χ4v) is 3.77. The number of amides is 1. The highest BCUT2D eigenvalue weighted by Crippen LogP contribution is 2.24. The summed E-state index contributed by atoms with van der Waals surface area (Å²) in [6.07, 6.45) is 0.983. The van der Waals surface area contributed by atoms with Gasteiger partial charge in [0.2, 0.25) is 0 Å². The van der Waals surface area contributed by atoms with Gasteiger partial charge in [0.25, 0.3) is 5.91 Å². The second kappa shape index (κ2) is 8.51. The van der Waals surface area contributed by atoms with Crippen LogP contribution in [-0.4, -0.2) is 61.1 Å². The lowest BCUT2D eigenvalue weighted by atomic mass is 10.1. The molecule has 0 N–H and O–H groups in total. The van der Waals surface area contributed by atoms with Gasteiger partial charge in [0, 0.05) is 49.7 Å². The van der Waals surface area contributed by atoms with Crippen LogP contribution in [0.1, 0.15) is 28.0 Å². The van der Waals surface area contributed by atoms with Crippen LogP contribution < -0.4 is 9.47 Å². The molecule has 1 aliphatic heterocycles. The molecule has 0 atom stereocenters. The van der Waals surface area contributed by atoms with Gasteiger partial charge >= 0.3 is 0 Å². The van der Waals surface area contributed by atoms with Crippen LogP contribution in [0.4, 0.5) is 0 Å². The number of hydrogen-bond acceptors (Lipinski definition) is 6. The summed E-state index contributed by atoms with van der Waals surface area (Å²) in [4.78, 5) is 21.7. The molecule has 0 unspecified atom stereocenters. The molecular formula is C19H25N3O3S. The minimum absolute atomic E-state index is 0.0174. The van der Waals surface area contributed by atoms with E-state index in [-0.39, 0.29) is 5.91 Å². The number of carbonyl (C=O) groups is 1. The smallest absolute Gasteiger partial charge is 0.254 e. The molecule has 6 nitrogen and oxygen atoms in total. The number of methoxy groups -OCH3 is 2. The number of rotatable bonds is 6. The van der Waals surface area contributed by atoms with E-state index in [0.717, 1.165) is 31.7 Å². The third kappa shape index (κ3) is 4.34. The molecule has 0 saturated carbocycles. The number of nitrogens with zero attached hydrogens (tertiary/aromatic N) is 3. The summed E-state index contributed by atoms with van der Waals surface area (Å²) in [5.74, 6) is 1.27. The number of ether oxygens (including phenoxy) is 2. The molecule has 2 aromatic rings. The van der Waals surface area contributed by atoms with Crippen molar-refractivity contribution in [1.29, 1.82) is 0 Å². The molecular weight excluding hydrogens is 350 g/mol. The third-order valence-electron chi connectivity index (χ3n) is 4.55. The Labute approximate surface area is 158 Å². The lowest BCUT2D eigenvalue weighted by Crippen LogP contribution is -2.48. The molecule has 0 bridgehead atoms. The van der Waals surface area contributed by atoms with Crippen molar-refractivity contribution in [1.82, 2.24) is 14.8 Å². The van der Waals surface area contributed by atoms with Crippen molar-refractivity contribution in [2.75, 3.05) is 40.4 Å². The van der Waals surface area contributed by atoms with Gasteiger partial charge in [-0.3, -0.25) is 9.69 Å². The van der Waals surface area contributed by atoms with Gasteiger partial charge in [-0.1, -0.05) is 6.92 Å². The molecule has 3 rings (SSSR count). The summed E-state index contributed by atoms with van der Waals surface area (Å²) in [7, 11) is 3.18. The van der Waals surface area contributed by atoms with Crippen molar-refractivity contribution in [3.8, 4) is 11.5 Å². The highest BCUT2D eigenvalue weighted by atomic mass is 32.1. The molecule has 1 saturated heterocycles. The Hall–Kier alpha value is -2.12. The predicted octanol–water partition coefficient (Wildman–Crippen LogP) is 2.68. The number of carbonyl (C=O) groups excluding carboxylic acids is 1. The molecule has 7 heteroatoms. The predicted molar refractivity (Wildman–Crippen MR) is 102 cm³/mol. The Kier molecular flexibility index (Phi) is 6.11. The number of hydrogen-bond donors (Lipinski definition) is 0. The fourth-order valence-electron chi connectivity index (χ4n) is 3.04. The maximum atomic E-state index is 12.8. The van der Waals surface area contributed by atoms with Crippen LogP contribution in [0.5, 0.6) is 11.5 Å². The molecule has 1 fully saturated rings. The Balaban J connectivity index is 1.59. The zero-order valence-electron chi connectivity index (χ0n) is 15.5. The van der Waals surface area contributed by atoms with Crippen LogP contribution in [0.2, 0.25) is 0 Å². The van der Waals surface area contributed by atoms with Crippen molar-refractivity contribution in [3.05, 3.63) is 39.8 Å². The van der Waals surface area contributed by atoms with Crippen molar-refractivity contribution in [2.45, 2.75) is 19.9 Å². The SMILES string of the molecule is CCc1nc(CN2CCN(C(=O)c3cc(OC)cc(OC)c3)CC2)cs1. The minimum atomic E-state index is 0.0174. The first-order chi connectivity index (χ1) is 12.6. The number of thiazole rings is 1. The van der Waals surface area contributed by atoms with E-state index in [1.165, 1.54) is 5.01 Å². The molecule has 0 radical (unpaired) electrons. The van der Waals surface area contributed by atoms with E-state index >= 15 is 0 Å². The van der Waals surface area contributed by atoms with E-state index in [4.69, 9.17) is 9.47 Å². The van der Waals surface area contributed by atoms with Gasteiger partial charge in [-0.15, -0.1) is 11.3 Å². The normalized spacial score (nSPS) is 15.1. The number of aryl methyl sites for hydroxylation is 1. The summed E-state index contributed by atoms with van der Waals surface area (Å²) < 4.78 is 10.5. The highest BCUT2D eigenvalue weighted by molar-refractivity contribution is 7.09. The maximum Gasteiger partial charge on any atom is 0.254 e. The van der Waals surface area contributed by atoms with Gasteiger partial charge in [0.05, 0.1) is 24.9 Å². The van der Waals surface area contributed by atoms with Crippen molar-refractivity contribution >= 4 is 17.2 Å². The van der Waals surface area contributed by atoms with Gasteiger partial charge in [0.15, 0.2) is 0 Å². The fraction of sp³-hybridized carbons (Fsp3) is 0.474. The van der Waals surface area contributed by atoms with Gasteiger partial charge in [-0.2, -0.15) is 0 Å². The molecule has 1 aromatic heterocycles. The minimum Gasteiger partial charge on any atom is -0.497 e. The second-order valence-electron chi connectivity index (χ2n) is 6.26. The van der Waals surface area contributed by atoms with Crippen LogP contribution in [0.25, 0.3) is 0 Å². The summed E-state index contributed by atoms with van der Waals surface area (Å²) in [5.41, 5.74) is 1.73. The lowest BCUT2D eigenvalue weighted by molar-refractivity contribution is 0.0626. The van der Waals surface area contributed by atoms with Crippen LogP contribution in [-0.2, 0) is 13.0 Å². The zero-order valence-corrected chi connectivity index (χ0v) is 16.3. The molecule has 1 amide bonds. The molecule has 1 aliphatic rings. The van der Waals surface area contributed by atoms with Gasteiger partial charge < -0.3 is 14.4 Å². The first kappa shape index (κ1) is 18.7. The van der Waals surface area contributed by atoms with Crippen molar-refractivity contribution in [3.63, 3.8) is 0 Å². The molecule has 0 spiro atoms. The number of piperazine rings is 1. The van der Waals surface area contributed by atoms with E-state index in [1.807, 2.05) is 4.90 Å². The quantitative estimate of drug-likeness (QED) is 0.777. The molecule has 0 aliphatic carbocycles. The first-order valence-electron chi connectivity index (χ1n) is 8.81. The summed E-state index contributed by atoms with van der Waals surface area (Å²) >= 11 is 1.72. The average Bonchev–Trinajstić information content (AvgIpc) is 3.15. The largest absolute Gasteiger partial charge is 0.497 e. The number of benzene rings is 1. The Morgan fingerprint density at radius 1 is 1.12 bits per heavy atom. The molecule has 2 heterocycles. The van der Waals surface area contributed by atoms with E-state index in [0.29, 0.717) is 30.2 Å². The topological polar surface area (TPSA) is 54.9 Å². The monoisotopic (exact) mass is 375 g/mol. The molecule has 1 aromatic carbocycles. The highest BCUT2D eigenvalue weighted by Gasteiger charge is 2.23. The second-order valence-corrected chi connectivity index (χ2v) is 7.20. The lowest BCUT2D eigenvalue weighted by Gasteiger charge is -2.34. The number of aromatic nitrogens is 1. The van der Waals surface area contributed by atoms with E-state index in [1.54, 1.807) is 43.8 Å². The van der Waals surface area contributed by atoms with E-state index in [2.05, 4.69) is 22.2 Å². The van der Waals surface area contributed by atoms with Crippen LogP contribution in [0, 0.1) is 0 Å². The van der Waals surface area contributed by atoms with Gasteiger partial charge in [0.1, 0.15) is 11.5 Å². The third-order valence-corrected chi connectivity index (χ3v) is 5.59. The van der Waals surface area contributed by atoms with Crippen molar-refractivity contribution < 1.29 is 14.3 Å². The van der Waals surface area contributed by atoms with Crippen LogP contribution in [0.3, 0.4) is 0 Å². The van der Waals surface area contributed by atoms with Crippen LogP contribution in [0.15, 0.2) is 23.6 Å². The Morgan fingerprint density at radius 3 is 2.31 bits per heavy atom. The zero-order chi connectivity index (χ0) is 18.5. The summed E-state index contributed by atoms with van der Waals surface area (Å²) in [6, 6.07) is 5.30. The Bertz CT molecular complexity index is 732. The van der Waals surface area contributed by atoms with E-state index in [9.17, 15) is 4.79 Å². The summed E-state index contributed by atoms with van der Waals surface area (Å²) in [6.45, 7) is 6.11. The van der Waals surface area contributed by atoms with Crippen molar-refractivity contribution in [2.24, 2.45) is 0 Å². The summed E-state index contributed by atoms with van der Waals surface area (Å²) in [5, 5.41) is 3.32. The van der Waals surface area contributed by atoms with Gasteiger partial charge in [-0.25, -0.2) is 4.98 Å². The standard InChI is InChI=1S/C19H25N3O3S/c1-4-18-20-15(13-26-18)12-21-5-7-22(8-6-21)19(23)14-9-16(24-2)11-17(10-14)25-3/h9-11,13H,4-8,12H2,1-3H3. The average molecular weight is 375 g/mol. The Morgan fingerprint density at radius 2 is 1.77 bits per heavy atom. The van der Waals surface area contributed by atoms with Crippen LogP contribution >= 0.6 is 11.3 Å². The van der Waals surface area contributed by atoms with Gasteiger partial charge in [-0.05, 0) is 18.6 Å². The van der Waals surface area contributed by atoms with E-state index < -0.39 is 0 Å². The first-order valence-corrected chi connectivity index (χ1v) is 9.69. The molecule has 140 valence electrons. The molecule has 26 heavy (non-hydrogen) atoms. The maximum absolute atomic E-state index is 12.8.